The molecule has 1 rings (SSSR count). The molecule has 1 amide bonds. The van der Waals surface area contributed by atoms with Crippen molar-refractivity contribution in [3.8, 4) is 5.75 Å². The molecule has 0 aromatic heterocycles. The third kappa shape index (κ3) is 7.47. The zero-order chi connectivity index (χ0) is 14.6. The molecule has 0 unspecified atom stereocenters. The van der Waals surface area contributed by atoms with E-state index in [0.717, 1.165) is 23.3 Å². The van der Waals surface area contributed by atoms with E-state index in [4.69, 9.17) is 9.47 Å². The van der Waals surface area contributed by atoms with Crippen molar-refractivity contribution in [1.82, 2.24) is 10.6 Å². The summed E-state index contributed by atoms with van der Waals surface area (Å²) in [7, 11) is 1.66. The number of hydrogen-bond acceptors (Lipinski definition) is 4. The van der Waals surface area contributed by atoms with Crippen molar-refractivity contribution in [3.63, 3.8) is 0 Å². The predicted octanol–water partition coefficient (Wildman–Crippen LogP) is 1.57. The normalized spacial score (nSPS) is 10.3. The van der Waals surface area contributed by atoms with Crippen LogP contribution in [0.4, 0.5) is 0 Å². The summed E-state index contributed by atoms with van der Waals surface area (Å²) in [5.74, 6) is 0.743. The lowest BCUT2D eigenvalue weighted by atomic mass is 10.3. The lowest BCUT2D eigenvalue weighted by Crippen LogP contribution is -2.33. The number of nitrogens with one attached hydrogen (secondary N) is 2. The SMILES string of the molecule is COCCNCCNC(=O)CCOc1ccccc1Br. The summed E-state index contributed by atoms with van der Waals surface area (Å²) in [6, 6.07) is 7.58. The number of para-hydroxylation sites is 1. The largest absolute Gasteiger partial charge is 0.492 e. The summed E-state index contributed by atoms with van der Waals surface area (Å²) in [6.07, 6.45) is 0.347. The van der Waals surface area contributed by atoms with Gasteiger partial charge in [-0.15, -0.1) is 0 Å². The summed E-state index contributed by atoms with van der Waals surface area (Å²) < 4.78 is 11.3. The molecule has 0 aliphatic rings. The molecule has 0 atom stereocenters. The van der Waals surface area contributed by atoms with Gasteiger partial charge in [-0.25, -0.2) is 0 Å². The maximum atomic E-state index is 11.6. The molecule has 0 radical (unpaired) electrons. The van der Waals surface area contributed by atoms with Crippen LogP contribution in [0.25, 0.3) is 0 Å². The highest BCUT2D eigenvalue weighted by Crippen LogP contribution is 2.23. The van der Waals surface area contributed by atoms with E-state index in [1.54, 1.807) is 7.11 Å². The Morgan fingerprint density at radius 2 is 2.00 bits per heavy atom. The van der Waals surface area contributed by atoms with E-state index >= 15 is 0 Å². The Labute approximate surface area is 128 Å². The standard InChI is InChI=1S/C14H21BrN2O3/c1-19-11-9-16-7-8-17-14(18)6-10-20-13-5-3-2-4-12(13)15/h2-5,16H,6-11H2,1H3,(H,17,18). The minimum Gasteiger partial charge on any atom is -0.492 e. The smallest absolute Gasteiger partial charge is 0.223 e. The highest BCUT2D eigenvalue weighted by atomic mass is 79.9. The van der Waals surface area contributed by atoms with Crippen LogP contribution in [0.3, 0.4) is 0 Å². The fourth-order valence-electron chi connectivity index (χ4n) is 1.49. The molecule has 2 N–H and O–H groups in total. The molecule has 112 valence electrons. The summed E-state index contributed by atoms with van der Waals surface area (Å²) >= 11 is 3.39. The minimum atomic E-state index is -0.00871. The second-order valence-electron chi connectivity index (χ2n) is 4.12. The van der Waals surface area contributed by atoms with E-state index in [1.807, 2.05) is 24.3 Å². The lowest BCUT2D eigenvalue weighted by molar-refractivity contribution is -0.121. The number of carbonyl (C=O) groups is 1. The van der Waals surface area contributed by atoms with Crippen molar-refractivity contribution >= 4 is 21.8 Å². The second-order valence-corrected chi connectivity index (χ2v) is 4.98. The molecule has 0 fully saturated rings. The molecular weight excluding hydrogens is 324 g/mol. The number of hydrogen-bond donors (Lipinski definition) is 2. The van der Waals surface area contributed by atoms with Crippen LogP contribution in [-0.2, 0) is 9.53 Å². The molecule has 6 heteroatoms. The number of amides is 1. The Bertz CT molecular complexity index is 402. The first-order valence-electron chi connectivity index (χ1n) is 6.57. The van der Waals surface area contributed by atoms with Gasteiger partial charge >= 0.3 is 0 Å². The number of ether oxygens (including phenoxy) is 2. The number of carbonyl (C=O) groups excluding carboxylic acids is 1. The highest BCUT2D eigenvalue weighted by molar-refractivity contribution is 9.10. The molecule has 0 aliphatic heterocycles. The average molecular weight is 345 g/mol. The molecular formula is C14H21BrN2O3. The maximum Gasteiger partial charge on any atom is 0.223 e. The van der Waals surface area contributed by atoms with E-state index in [-0.39, 0.29) is 5.91 Å². The molecule has 0 bridgehead atoms. The average Bonchev–Trinajstić information content (AvgIpc) is 2.45. The molecule has 1 aromatic rings. The van der Waals surface area contributed by atoms with Crippen molar-refractivity contribution in [3.05, 3.63) is 28.7 Å². The molecule has 1 aromatic carbocycles. The topological polar surface area (TPSA) is 59.6 Å². The van der Waals surface area contributed by atoms with Gasteiger partial charge in [0.2, 0.25) is 5.91 Å². The van der Waals surface area contributed by atoms with Crippen molar-refractivity contribution < 1.29 is 14.3 Å². The Kier molecular flexibility index (Phi) is 9.02. The highest BCUT2D eigenvalue weighted by Gasteiger charge is 2.03. The summed E-state index contributed by atoms with van der Waals surface area (Å²) in [6.45, 7) is 3.18. The first-order chi connectivity index (χ1) is 9.74. The zero-order valence-corrected chi connectivity index (χ0v) is 13.2. The molecule has 0 heterocycles. The second kappa shape index (κ2) is 10.7. The lowest BCUT2D eigenvalue weighted by Gasteiger charge is -2.09. The maximum absolute atomic E-state index is 11.6. The van der Waals surface area contributed by atoms with Crippen LogP contribution >= 0.6 is 15.9 Å². The van der Waals surface area contributed by atoms with Gasteiger partial charge in [0.1, 0.15) is 5.75 Å². The zero-order valence-electron chi connectivity index (χ0n) is 11.7. The van der Waals surface area contributed by atoms with Gasteiger partial charge in [-0.05, 0) is 28.1 Å². The van der Waals surface area contributed by atoms with Gasteiger partial charge in [0.25, 0.3) is 0 Å². The van der Waals surface area contributed by atoms with Crippen LogP contribution in [0.2, 0.25) is 0 Å². The molecule has 0 spiro atoms. The first kappa shape index (κ1) is 16.9. The van der Waals surface area contributed by atoms with Gasteiger partial charge in [-0.3, -0.25) is 4.79 Å². The van der Waals surface area contributed by atoms with Gasteiger partial charge in [0.05, 0.1) is 24.1 Å². The minimum absolute atomic E-state index is 0.00871. The summed E-state index contributed by atoms with van der Waals surface area (Å²) in [5.41, 5.74) is 0. The van der Waals surface area contributed by atoms with Gasteiger partial charge < -0.3 is 20.1 Å². The number of rotatable bonds is 10. The van der Waals surface area contributed by atoms with Crippen LogP contribution < -0.4 is 15.4 Å². The Hall–Kier alpha value is -1.11. The van der Waals surface area contributed by atoms with Crippen molar-refractivity contribution in [2.45, 2.75) is 6.42 Å². The molecule has 0 saturated carbocycles. The van der Waals surface area contributed by atoms with Crippen LogP contribution in [0, 0.1) is 0 Å². The van der Waals surface area contributed by atoms with E-state index in [1.165, 1.54) is 0 Å². The van der Waals surface area contributed by atoms with Gasteiger partial charge in [-0.1, -0.05) is 12.1 Å². The van der Waals surface area contributed by atoms with Crippen LogP contribution in [0.5, 0.6) is 5.75 Å². The molecule has 20 heavy (non-hydrogen) atoms. The van der Waals surface area contributed by atoms with Crippen LogP contribution in [0.15, 0.2) is 28.7 Å². The molecule has 0 aliphatic carbocycles. The van der Waals surface area contributed by atoms with Crippen molar-refractivity contribution in [2.24, 2.45) is 0 Å². The number of methoxy groups -OCH3 is 1. The number of halogens is 1. The van der Waals surface area contributed by atoms with Gasteiger partial charge in [0.15, 0.2) is 0 Å². The quantitative estimate of drug-likeness (QED) is 0.632. The fraction of sp³-hybridized carbons (Fsp3) is 0.500. The summed E-state index contributed by atoms with van der Waals surface area (Å²) in [4.78, 5) is 11.6. The van der Waals surface area contributed by atoms with E-state index in [2.05, 4.69) is 26.6 Å². The third-order valence-corrected chi connectivity index (χ3v) is 3.19. The Morgan fingerprint density at radius 1 is 1.20 bits per heavy atom. The Morgan fingerprint density at radius 3 is 2.75 bits per heavy atom. The van der Waals surface area contributed by atoms with Crippen LogP contribution in [-0.4, -0.2) is 45.9 Å². The van der Waals surface area contributed by atoms with Gasteiger partial charge in [-0.2, -0.15) is 0 Å². The monoisotopic (exact) mass is 344 g/mol. The van der Waals surface area contributed by atoms with Gasteiger partial charge in [0, 0.05) is 26.7 Å². The summed E-state index contributed by atoms with van der Waals surface area (Å²) in [5, 5.41) is 5.98. The van der Waals surface area contributed by atoms with E-state index < -0.39 is 0 Å². The predicted molar refractivity (Wildman–Crippen MR) is 82.0 cm³/mol. The van der Waals surface area contributed by atoms with Crippen molar-refractivity contribution in [1.29, 1.82) is 0 Å². The third-order valence-electron chi connectivity index (χ3n) is 2.53. The first-order valence-corrected chi connectivity index (χ1v) is 7.37. The molecule has 5 nitrogen and oxygen atoms in total. The number of benzene rings is 1. The van der Waals surface area contributed by atoms with Crippen molar-refractivity contribution in [2.75, 3.05) is 40.0 Å². The van der Waals surface area contributed by atoms with E-state index in [0.29, 0.717) is 26.2 Å². The fourth-order valence-corrected chi connectivity index (χ4v) is 1.89. The Balaban J connectivity index is 2.04. The van der Waals surface area contributed by atoms with E-state index in [9.17, 15) is 4.79 Å². The molecule has 0 saturated heterocycles. The van der Waals surface area contributed by atoms with Crippen LogP contribution in [0.1, 0.15) is 6.42 Å².